The number of pyridine rings is 2. The van der Waals surface area contributed by atoms with Crippen LogP contribution in [0.4, 0.5) is 10.2 Å². The molecule has 3 rings (SSSR count). The van der Waals surface area contributed by atoms with Crippen LogP contribution in [-0.2, 0) is 11.2 Å². The summed E-state index contributed by atoms with van der Waals surface area (Å²) >= 11 is 6.16. The van der Waals surface area contributed by atoms with Gasteiger partial charge in [-0.15, -0.1) is 0 Å². The third-order valence-corrected chi connectivity index (χ3v) is 5.81. The van der Waals surface area contributed by atoms with Gasteiger partial charge in [0.15, 0.2) is 0 Å². The van der Waals surface area contributed by atoms with Crippen molar-refractivity contribution in [3.05, 3.63) is 46.0 Å². The largest absolute Gasteiger partial charge is 0.481 e. The molecule has 1 aliphatic heterocycles. The highest BCUT2D eigenvalue weighted by Crippen LogP contribution is 2.29. The number of ether oxygens (including phenoxy) is 1. The molecule has 0 unspecified atom stereocenters. The lowest BCUT2D eigenvalue weighted by molar-refractivity contribution is -0.131. The molecule has 0 aromatic carbocycles. The second kappa shape index (κ2) is 8.95. The summed E-state index contributed by atoms with van der Waals surface area (Å²) in [6.45, 7) is 4.14. The van der Waals surface area contributed by atoms with E-state index in [1.165, 1.54) is 13.2 Å². The van der Waals surface area contributed by atoms with E-state index in [1.807, 2.05) is 13.0 Å². The van der Waals surface area contributed by atoms with Gasteiger partial charge in [0.2, 0.25) is 11.8 Å². The summed E-state index contributed by atoms with van der Waals surface area (Å²) in [6, 6.07) is 3.67. The van der Waals surface area contributed by atoms with E-state index >= 15 is 0 Å². The Hall–Kier alpha value is -2.41. The fourth-order valence-corrected chi connectivity index (χ4v) is 3.72. The number of aromatic nitrogens is 2. The summed E-state index contributed by atoms with van der Waals surface area (Å²) in [5.74, 6) is -0.114. The van der Waals surface area contributed by atoms with Crippen LogP contribution in [0, 0.1) is 12.7 Å². The first-order chi connectivity index (χ1) is 13.8. The molecule has 0 spiro atoms. The van der Waals surface area contributed by atoms with Crippen LogP contribution in [0.1, 0.15) is 42.5 Å². The molecule has 156 valence electrons. The third-order valence-electron chi connectivity index (χ3n) is 5.43. The summed E-state index contributed by atoms with van der Waals surface area (Å²) in [5.41, 5.74) is 2.21. The van der Waals surface area contributed by atoms with Crippen LogP contribution in [0.3, 0.4) is 0 Å². The summed E-state index contributed by atoms with van der Waals surface area (Å²) in [7, 11) is 3.20. The number of nitrogens with one attached hydrogen (secondary N) is 1. The molecule has 2 aromatic rings. The monoisotopic (exact) mass is 420 g/mol. The van der Waals surface area contributed by atoms with E-state index < -0.39 is 11.7 Å². The Morgan fingerprint density at radius 3 is 2.97 bits per heavy atom. The number of likely N-dealkylation sites (N-methyl/N-ethyl adjacent to an activating group) is 1. The highest BCUT2D eigenvalue weighted by Gasteiger charge is 2.25. The van der Waals surface area contributed by atoms with Gasteiger partial charge in [-0.3, -0.25) is 4.79 Å². The van der Waals surface area contributed by atoms with Gasteiger partial charge in [-0.1, -0.05) is 11.6 Å². The lowest BCUT2D eigenvalue weighted by Gasteiger charge is -2.29. The standard InChI is InChI=1S/C21H26ClFN4O2/c1-12(16-10-19(29-4)24-11-18(16)23)21(28)27(3)8-7-15-6-5-14-9-17(22)13(2)25-20(14)26-15/h9-12,15H,5-8H2,1-4H3,(H,25,26)/t12-,15-/m1/s1. The van der Waals surface area contributed by atoms with E-state index in [-0.39, 0.29) is 23.4 Å². The zero-order chi connectivity index (χ0) is 21.1. The molecule has 2 atom stereocenters. The van der Waals surface area contributed by atoms with E-state index in [4.69, 9.17) is 16.3 Å². The Bertz CT molecular complexity index is 908. The maximum Gasteiger partial charge on any atom is 0.229 e. The van der Waals surface area contributed by atoms with Gasteiger partial charge in [0.05, 0.1) is 29.9 Å². The molecule has 0 bridgehead atoms. The van der Waals surface area contributed by atoms with Crippen LogP contribution in [0.25, 0.3) is 0 Å². The fraction of sp³-hybridized carbons (Fsp3) is 0.476. The molecule has 0 saturated heterocycles. The van der Waals surface area contributed by atoms with Gasteiger partial charge in [0.1, 0.15) is 11.6 Å². The lowest BCUT2D eigenvalue weighted by atomic mass is 9.97. The fourth-order valence-electron chi connectivity index (χ4n) is 3.55. The second-order valence-electron chi connectivity index (χ2n) is 7.46. The predicted molar refractivity (Wildman–Crippen MR) is 111 cm³/mol. The van der Waals surface area contributed by atoms with Crippen LogP contribution in [-0.4, -0.2) is 47.5 Å². The number of carbonyl (C=O) groups is 1. The van der Waals surface area contributed by atoms with E-state index in [1.54, 1.807) is 18.9 Å². The molecule has 1 amide bonds. The van der Waals surface area contributed by atoms with Crippen molar-refractivity contribution in [1.82, 2.24) is 14.9 Å². The summed E-state index contributed by atoms with van der Waals surface area (Å²) in [5, 5.41) is 4.14. The van der Waals surface area contributed by atoms with Gasteiger partial charge < -0.3 is 15.0 Å². The topological polar surface area (TPSA) is 67.3 Å². The second-order valence-corrected chi connectivity index (χ2v) is 7.87. The van der Waals surface area contributed by atoms with E-state index in [9.17, 15) is 9.18 Å². The number of aryl methyl sites for hydroxylation is 2. The van der Waals surface area contributed by atoms with Crippen molar-refractivity contribution in [3.63, 3.8) is 0 Å². The van der Waals surface area contributed by atoms with Crippen LogP contribution < -0.4 is 10.1 Å². The van der Waals surface area contributed by atoms with Crippen molar-refractivity contribution in [2.75, 3.05) is 26.0 Å². The number of rotatable bonds is 6. The first-order valence-corrected chi connectivity index (χ1v) is 10.0. The highest BCUT2D eigenvalue weighted by molar-refractivity contribution is 6.31. The Kier molecular flexibility index (Phi) is 6.57. The first kappa shape index (κ1) is 21.3. The Morgan fingerprint density at radius 1 is 1.48 bits per heavy atom. The number of nitrogens with zero attached hydrogens (tertiary/aromatic N) is 3. The zero-order valence-electron chi connectivity index (χ0n) is 17.1. The Balaban J connectivity index is 1.60. The van der Waals surface area contributed by atoms with Crippen molar-refractivity contribution < 1.29 is 13.9 Å². The van der Waals surface area contributed by atoms with Crippen LogP contribution >= 0.6 is 11.6 Å². The number of hydrogen-bond acceptors (Lipinski definition) is 5. The molecule has 3 heterocycles. The maximum atomic E-state index is 14.1. The van der Waals surface area contributed by atoms with Gasteiger partial charge >= 0.3 is 0 Å². The molecule has 0 aliphatic carbocycles. The zero-order valence-corrected chi connectivity index (χ0v) is 17.9. The Morgan fingerprint density at radius 2 is 2.24 bits per heavy atom. The van der Waals surface area contributed by atoms with Gasteiger partial charge in [0.25, 0.3) is 0 Å². The van der Waals surface area contributed by atoms with Crippen molar-refractivity contribution in [3.8, 4) is 5.88 Å². The van der Waals surface area contributed by atoms with Crippen molar-refractivity contribution >= 4 is 23.3 Å². The minimum Gasteiger partial charge on any atom is -0.481 e. The number of hydrogen-bond donors (Lipinski definition) is 1. The lowest BCUT2D eigenvalue weighted by Crippen LogP contribution is -2.36. The number of halogens is 2. The molecule has 0 radical (unpaired) electrons. The molecule has 0 saturated carbocycles. The van der Waals surface area contributed by atoms with E-state index in [2.05, 4.69) is 15.3 Å². The molecule has 6 nitrogen and oxygen atoms in total. The minimum atomic E-state index is -0.622. The molecular weight excluding hydrogens is 395 g/mol. The summed E-state index contributed by atoms with van der Waals surface area (Å²) < 4.78 is 19.2. The molecular formula is C21H26ClFN4O2. The first-order valence-electron chi connectivity index (χ1n) is 9.67. The normalized spacial score (nSPS) is 16.6. The predicted octanol–water partition coefficient (Wildman–Crippen LogP) is 3.97. The maximum absolute atomic E-state index is 14.1. The smallest absolute Gasteiger partial charge is 0.229 e. The van der Waals surface area contributed by atoms with Crippen LogP contribution in [0.2, 0.25) is 5.02 Å². The molecule has 1 aliphatic rings. The van der Waals surface area contributed by atoms with Crippen molar-refractivity contribution in [1.29, 1.82) is 0 Å². The highest BCUT2D eigenvalue weighted by atomic mass is 35.5. The number of fused-ring (bicyclic) bond motifs is 1. The van der Waals surface area contributed by atoms with Gasteiger partial charge in [-0.25, -0.2) is 14.4 Å². The van der Waals surface area contributed by atoms with Crippen LogP contribution in [0.5, 0.6) is 5.88 Å². The molecule has 8 heteroatoms. The quantitative estimate of drug-likeness (QED) is 0.766. The SMILES string of the molecule is COc1cc([C@@H](C)C(=O)N(C)CC[C@H]2CCc3cc(Cl)c(C)nc3N2)c(F)cn1. The molecule has 1 N–H and O–H groups in total. The van der Waals surface area contributed by atoms with Gasteiger partial charge in [-0.2, -0.15) is 0 Å². The number of anilines is 1. The van der Waals surface area contributed by atoms with Crippen LogP contribution in [0.15, 0.2) is 18.3 Å². The van der Waals surface area contributed by atoms with Gasteiger partial charge in [0, 0.05) is 31.3 Å². The molecule has 2 aromatic heterocycles. The van der Waals surface area contributed by atoms with E-state index in [0.717, 1.165) is 42.5 Å². The third kappa shape index (κ3) is 4.78. The average Bonchev–Trinajstić information content (AvgIpc) is 2.72. The summed E-state index contributed by atoms with van der Waals surface area (Å²) in [4.78, 5) is 22.8. The number of carbonyl (C=O) groups excluding carboxylic acids is 1. The van der Waals surface area contributed by atoms with Crippen molar-refractivity contribution in [2.24, 2.45) is 0 Å². The minimum absolute atomic E-state index is 0.144. The number of amides is 1. The van der Waals surface area contributed by atoms with Crippen molar-refractivity contribution in [2.45, 2.75) is 45.1 Å². The summed E-state index contributed by atoms with van der Waals surface area (Å²) in [6.07, 6.45) is 3.71. The van der Waals surface area contributed by atoms with Gasteiger partial charge in [-0.05, 0) is 44.7 Å². The molecule has 0 fully saturated rings. The van der Waals surface area contributed by atoms with E-state index in [0.29, 0.717) is 11.6 Å². The number of methoxy groups -OCH3 is 1. The average molecular weight is 421 g/mol. The molecule has 29 heavy (non-hydrogen) atoms. The Labute approximate surface area is 175 Å².